The van der Waals surface area contributed by atoms with Crippen LogP contribution in [0.5, 0.6) is 11.5 Å². The Hall–Kier alpha value is -1.71. The van der Waals surface area contributed by atoms with E-state index in [9.17, 15) is 15.0 Å². The van der Waals surface area contributed by atoms with E-state index in [1.807, 2.05) is 0 Å². The Labute approximate surface area is 80.4 Å². The third-order valence-electron chi connectivity index (χ3n) is 2.55. The monoisotopic (exact) mass is 194 g/mol. The average Bonchev–Trinajstić information content (AvgIpc) is 2.89. The van der Waals surface area contributed by atoms with E-state index in [1.54, 1.807) is 12.1 Å². The van der Waals surface area contributed by atoms with Gasteiger partial charge < -0.3 is 15.3 Å². The van der Waals surface area contributed by atoms with Crippen LogP contribution < -0.4 is 0 Å². The number of carbonyl (C=O) groups is 1. The lowest BCUT2D eigenvalue weighted by molar-refractivity contribution is -0.138. The van der Waals surface area contributed by atoms with Crippen LogP contribution in [0.2, 0.25) is 0 Å². The van der Waals surface area contributed by atoms with Gasteiger partial charge in [0.15, 0.2) is 11.5 Å². The maximum atomic E-state index is 10.6. The highest BCUT2D eigenvalue weighted by Crippen LogP contribution is 2.51. The molecule has 1 aromatic rings. The largest absolute Gasteiger partial charge is 0.504 e. The summed E-state index contributed by atoms with van der Waals surface area (Å²) >= 11 is 0. The number of carboxylic acids is 1. The van der Waals surface area contributed by atoms with Gasteiger partial charge in [-0.2, -0.15) is 0 Å². The van der Waals surface area contributed by atoms with Crippen LogP contribution in [0.15, 0.2) is 18.2 Å². The number of aromatic hydroxyl groups is 2. The second-order valence-electron chi connectivity index (χ2n) is 3.50. The van der Waals surface area contributed by atoms with Crippen molar-refractivity contribution in [3.63, 3.8) is 0 Å². The molecule has 2 rings (SSSR count). The van der Waals surface area contributed by atoms with Crippen molar-refractivity contribution in [2.75, 3.05) is 0 Å². The predicted octanol–water partition coefficient (Wildman–Crippen LogP) is 1.29. The quantitative estimate of drug-likeness (QED) is 0.620. The summed E-state index contributed by atoms with van der Waals surface area (Å²) in [6.07, 6.45) is 0.534. The smallest absolute Gasteiger partial charge is 0.307 e. The molecule has 0 radical (unpaired) electrons. The fraction of sp³-hybridized carbons (Fsp3) is 0.300. The number of hydrogen-bond donors (Lipinski definition) is 3. The van der Waals surface area contributed by atoms with Crippen molar-refractivity contribution in [2.45, 2.75) is 12.3 Å². The van der Waals surface area contributed by atoms with Crippen LogP contribution in [0.1, 0.15) is 17.9 Å². The first kappa shape index (κ1) is 8.87. The summed E-state index contributed by atoms with van der Waals surface area (Å²) in [6.45, 7) is 0. The van der Waals surface area contributed by atoms with Crippen LogP contribution in [-0.2, 0) is 4.79 Å². The van der Waals surface area contributed by atoms with Crippen LogP contribution in [0.25, 0.3) is 0 Å². The van der Waals surface area contributed by atoms with E-state index in [1.165, 1.54) is 6.07 Å². The van der Waals surface area contributed by atoms with Crippen molar-refractivity contribution in [3.05, 3.63) is 23.8 Å². The molecule has 0 unspecified atom stereocenters. The number of rotatable bonds is 2. The summed E-state index contributed by atoms with van der Waals surface area (Å²) in [5.41, 5.74) is 0.525. The summed E-state index contributed by atoms with van der Waals surface area (Å²) < 4.78 is 0. The molecule has 2 atom stereocenters. The second-order valence-corrected chi connectivity index (χ2v) is 3.50. The molecular formula is C10H10O4. The molecule has 0 aliphatic heterocycles. The Balaban J connectivity index is 2.27. The molecule has 14 heavy (non-hydrogen) atoms. The first-order valence-corrected chi connectivity index (χ1v) is 4.35. The van der Waals surface area contributed by atoms with E-state index >= 15 is 0 Å². The summed E-state index contributed by atoms with van der Waals surface area (Å²) in [7, 11) is 0. The third-order valence-corrected chi connectivity index (χ3v) is 2.55. The number of para-hydroxylation sites is 1. The molecule has 0 aromatic heterocycles. The molecule has 0 saturated heterocycles. The van der Waals surface area contributed by atoms with Crippen molar-refractivity contribution >= 4 is 5.97 Å². The number of carboxylic acid groups (broad SMARTS) is 1. The minimum absolute atomic E-state index is 0.153. The lowest BCUT2D eigenvalue weighted by Crippen LogP contribution is -1.98. The fourth-order valence-corrected chi connectivity index (χ4v) is 1.66. The van der Waals surface area contributed by atoms with E-state index in [0.717, 1.165) is 0 Å². The van der Waals surface area contributed by atoms with Crippen LogP contribution in [0.4, 0.5) is 0 Å². The van der Waals surface area contributed by atoms with E-state index in [-0.39, 0.29) is 17.4 Å². The minimum Gasteiger partial charge on any atom is -0.504 e. The van der Waals surface area contributed by atoms with Crippen molar-refractivity contribution in [3.8, 4) is 11.5 Å². The first-order chi connectivity index (χ1) is 6.61. The van der Waals surface area contributed by atoms with Crippen molar-refractivity contribution in [2.24, 2.45) is 5.92 Å². The molecule has 1 saturated carbocycles. The van der Waals surface area contributed by atoms with E-state index in [0.29, 0.717) is 12.0 Å². The van der Waals surface area contributed by atoms with Crippen molar-refractivity contribution in [1.29, 1.82) is 0 Å². The van der Waals surface area contributed by atoms with E-state index < -0.39 is 11.9 Å². The maximum Gasteiger partial charge on any atom is 0.307 e. The van der Waals surface area contributed by atoms with Gasteiger partial charge in [-0.3, -0.25) is 4.79 Å². The minimum atomic E-state index is -0.849. The van der Waals surface area contributed by atoms with Gasteiger partial charge in [0.05, 0.1) is 5.92 Å². The molecule has 4 heteroatoms. The van der Waals surface area contributed by atoms with Crippen LogP contribution >= 0.6 is 0 Å². The third kappa shape index (κ3) is 1.28. The molecule has 0 amide bonds. The Bertz CT molecular complexity index is 386. The topological polar surface area (TPSA) is 77.8 Å². The first-order valence-electron chi connectivity index (χ1n) is 4.35. The summed E-state index contributed by atoms with van der Waals surface area (Å²) in [4.78, 5) is 10.6. The highest BCUT2D eigenvalue weighted by atomic mass is 16.4. The number of phenols is 2. The molecule has 1 aromatic carbocycles. The second kappa shape index (κ2) is 2.90. The van der Waals surface area contributed by atoms with Crippen molar-refractivity contribution < 1.29 is 20.1 Å². The molecule has 0 bridgehead atoms. The molecule has 3 N–H and O–H groups in total. The molecule has 1 aliphatic carbocycles. The van der Waals surface area contributed by atoms with Gasteiger partial charge in [0, 0.05) is 11.5 Å². The van der Waals surface area contributed by atoms with Gasteiger partial charge in [-0.05, 0) is 12.5 Å². The lowest BCUT2D eigenvalue weighted by atomic mass is 10.1. The zero-order valence-electron chi connectivity index (χ0n) is 7.34. The fourth-order valence-electron chi connectivity index (χ4n) is 1.66. The Morgan fingerprint density at radius 1 is 1.36 bits per heavy atom. The Kier molecular flexibility index (Phi) is 1.84. The molecule has 74 valence electrons. The van der Waals surface area contributed by atoms with Crippen LogP contribution in [0, 0.1) is 5.92 Å². The molecule has 0 heterocycles. The highest BCUT2D eigenvalue weighted by Gasteiger charge is 2.45. The van der Waals surface area contributed by atoms with Gasteiger partial charge in [-0.1, -0.05) is 12.1 Å². The maximum absolute atomic E-state index is 10.6. The Morgan fingerprint density at radius 3 is 2.64 bits per heavy atom. The van der Waals surface area contributed by atoms with E-state index in [4.69, 9.17) is 5.11 Å². The summed E-state index contributed by atoms with van der Waals surface area (Å²) in [6, 6.07) is 4.61. The standard InChI is InChI=1S/C10H10O4/c11-8-3-1-2-5(9(8)12)6-4-7(6)10(13)14/h1-3,6-7,11-12H,4H2,(H,13,14)/t6-,7-/m0/s1. The van der Waals surface area contributed by atoms with E-state index in [2.05, 4.69) is 0 Å². The van der Waals surface area contributed by atoms with Gasteiger partial charge in [0.25, 0.3) is 0 Å². The number of hydrogen-bond acceptors (Lipinski definition) is 3. The zero-order chi connectivity index (χ0) is 10.3. The summed E-state index contributed by atoms with van der Waals surface area (Å²) in [5.74, 6) is -1.81. The zero-order valence-corrected chi connectivity index (χ0v) is 7.34. The van der Waals surface area contributed by atoms with Gasteiger partial charge in [0.2, 0.25) is 0 Å². The summed E-state index contributed by atoms with van der Waals surface area (Å²) in [5, 5.41) is 27.4. The van der Waals surface area contributed by atoms with Crippen LogP contribution in [0.3, 0.4) is 0 Å². The molecule has 1 fully saturated rings. The molecular weight excluding hydrogens is 184 g/mol. The predicted molar refractivity (Wildman–Crippen MR) is 48.3 cm³/mol. The van der Waals surface area contributed by atoms with Crippen LogP contribution in [-0.4, -0.2) is 21.3 Å². The van der Waals surface area contributed by atoms with Gasteiger partial charge in [-0.15, -0.1) is 0 Å². The Morgan fingerprint density at radius 2 is 2.07 bits per heavy atom. The van der Waals surface area contributed by atoms with Gasteiger partial charge in [0.1, 0.15) is 0 Å². The lowest BCUT2D eigenvalue weighted by Gasteiger charge is -2.03. The number of phenolic OH excluding ortho intramolecular Hbond substituents is 2. The van der Waals surface area contributed by atoms with Gasteiger partial charge >= 0.3 is 5.97 Å². The number of benzene rings is 1. The highest BCUT2D eigenvalue weighted by molar-refractivity contribution is 5.75. The van der Waals surface area contributed by atoms with Crippen molar-refractivity contribution in [1.82, 2.24) is 0 Å². The average molecular weight is 194 g/mol. The molecule has 0 spiro atoms. The molecule has 1 aliphatic rings. The van der Waals surface area contributed by atoms with Gasteiger partial charge in [-0.25, -0.2) is 0 Å². The number of aliphatic carboxylic acids is 1. The normalized spacial score (nSPS) is 24.6. The molecule has 4 nitrogen and oxygen atoms in total. The SMILES string of the molecule is O=C(O)[C@H]1C[C@H]1c1cccc(O)c1O.